The molecule has 0 saturated heterocycles. The van der Waals surface area contributed by atoms with Gasteiger partial charge in [0.1, 0.15) is 5.75 Å². The molecular weight excluding hydrogens is 270 g/mol. The largest absolute Gasteiger partial charge is 0.496 e. The second-order valence-electron chi connectivity index (χ2n) is 5.35. The van der Waals surface area contributed by atoms with Crippen molar-refractivity contribution in [2.45, 2.75) is 26.3 Å². The summed E-state index contributed by atoms with van der Waals surface area (Å²) in [5, 5.41) is 0.654. The van der Waals surface area contributed by atoms with Gasteiger partial charge in [-0.3, -0.25) is 0 Å². The lowest BCUT2D eigenvalue weighted by Crippen LogP contribution is -2.34. The van der Waals surface area contributed by atoms with Crippen LogP contribution in [-0.4, -0.2) is 7.11 Å². The standard InChI is InChI=1S/C17H20ClNO/c1-11-5-6-13(9-12(11)2)17(3,19)15-10-14(18)7-8-16(15)20-4/h5-10H,19H2,1-4H3. The smallest absolute Gasteiger partial charge is 0.124 e. The molecule has 0 aliphatic carbocycles. The first-order valence-corrected chi connectivity index (χ1v) is 6.94. The zero-order chi connectivity index (χ0) is 14.9. The summed E-state index contributed by atoms with van der Waals surface area (Å²) < 4.78 is 5.42. The van der Waals surface area contributed by atoms with E-state index in [9.17, 15) is 0 Å². The molecule has 2 aromatic carbocycles. The number of halogens is 1. The second-order valence-corrected chi connectivity index (χ2v) is 5.78. The van der Waals surface area contributed by atoms with Crippen LogP contribution in [0.5, 0.6) is 5.75 Å². The average molecular weight is 290 g/mol. The van der Waals surface area contributed by atoms with Gasteiger partial charge >= 0.3 is 0 Å². The van der Waals surface area contributed by atoms with Crippen molar-refractivity contribution < 1.29 is 4.74 Å². The van der Waals surface area contributed by atoms with Crippen LogP contribution in [0.2, 0.25) is 5.02 Å². The molecule has 2 aromatic rings. The number of hydrogen-bond donors (Lipinski definition) is 1. The molecule has 0 aliphatic rings. The predicted molar refractivity (Wildman–Crippen MR) is 84.6 cm³/mol. The highest BCUT2D eigenvalue weighted by Crippen LogP contribution is 2.35. The summed E-state index contributed by atoms with van der Waals surface area (Å²) in [6, 6.07) is 11.8. The minimum absolute atomic E-state index is 0.654. The summed E-state index contributed by atoms with van der Waals surface area (Å²) in [4.78, 5) is 0. The Morgan fingerprint density at radius 1 is 1.05 bits per heavy atom. The molecule has 0 radical (unpaired) electrons. The van der Waals surface area contributed by atoms with Gasteiger partial charge in [-0.2, -0.15) is 0 Å². The monoisotopic (exact) mass is 289 g/mol. The summed E-state index contributed by atoms with van der Waals surface area (Å²) >= 11 is 6.11. The van der Waals surface area contributed by atoms with Gasteiger partial charge in [0.25, 0.3) is 0 Å². The van der Waals surface area contributed by atoms with E-state index in [1.165, 1.54) is 11.1 Å². The number of aryl methyl sites for hydroxylation is 2. The molecular formula is C17H20ClNO. The third-order valence-electron chi connectivity index (χ3n) is 3.83. The average Bonchev–Trinajstić information content (AvgIpc) is 2.41. The minimum Gasteiger partial charge on any atom is -0.496 e. The summed E-state index contributed by atoms with van der Waals surface area (Å²) in [6.45, 7) is 6.16. The Hall–Kier alpha value is -1.51. The van der Waals surface area contributed by atoms with Gasteiger partial charge in [-0.25, -0.2) is 0 Å². The first-order valence-electron chi connectivity index (χ1n) is 6.57. The van der Waals surface area contributed by atoms with E-state index in [1.54, 1.807) is 13.2 Å². The highest BCUT2D eigenvalue weighted by atomic mass is 35.5. The topological polar surface area (TPSA) is 35.2 Å². The Kier molecular flexibility index (Phi) is 4.07. The van der Waals surface area contributed by atoms with E-state index >= 15 is 0 Å². The van der Waals surface area contributed by atoms with Crippen LogP contribution >= 0.6 is 11.6 Å². The maximum atomic E-state index is 6.58. The number of nitrogens with two attached hydrogens (primary N) is 1. The Morgan fingerprint density at radius 2 is 1.75 bits per heavy atom. The highest BCUT2D eigenvalue weighted by molar-refractivity contribution is 6.30. The van der Waals surface area contributed by atoms with Crippen LogP contribution in [0.1, 0.15) is 29.2 Å². The van der Waals surface area contributed by atoms with Gasteiger partial charge in [0.05, 0.1) is 12.6 Å². The molecule has 1 atom stereocenters. The maximum absolute atomic E-state index is 6.58. The molecule has 0 fully saturated rings. The molecule has 2 N–H and O–H groups in total. The van der Waals surface area contributed by atoms with Gasteiger partial charge in [-0.1, -0.05) is 29.8 Å². The summed E-state index contributed by atoms with van der Waals surface area (Å²) in [7, 11) is 1.64. The van der Waals surface area contributed by atoms with Crippen LogP contribution in [0, 0.1) is 13.8 Å². The van der Waals surface area contributed by atoms with Gasteiger partial charge in [0.15, 0.2) is 0 Å². The zero-order valence-electron chi connectivity index (χ0n) is 12.3. The fourth-order valence-electron chi connectivity index (χ4n) is 2.31. The van der Waals surface area contributed by atoms with Crippen LogP contribution in [-0.2, 0) is 5.54 Å². The lowest BCUT2D eigenvalue weighted by Gasteiger charge is -2.28. The maximum Gasteiger partial charge on any atom is 0.124 e. The lowest BCUT2D eigenvalue weighted by atomic mass is 9.84. The van der Waals surface area contributed by atoms with Crippen molar-refractivity contribution in [3.63, 3.8) is 0 Å². The summed E-state index contributed by atoms with van der Waals surface area (Å²) in [5.41, 5.74) is 10.3. The van der Waals surface area contributed by atoms with E-state index in [-0.39, 0.29) is 0 Å². The zero-order valence-corrected chi connectivity index (χ0v) is 13.1. The van der Waals surface area contributed by atoms with Gasteiger partial charge in [-0.05, 0) is 55.7 Å². The SMILES string of the molecule is COc1ccc(Cl)cc1C(C)(N)c1ccc(C)c(C)c1. The molecule has 0 spiro atoms. The van der Waals surface area contributed by atoms with E-state index in [2.05, 4.69) is 32.0 Å². The molecule has 20 heavy (non-hydrogen) atoms. The lowest BCUT2D eigenvalue weighted by molar-refractivity contribution is 0.399. The fraction of sp³-hybridized carbons (Fsp3) is 0.294. The van der Waals surface area contributed by atoms with E-state index in [1.807, 2.05) is 19.1 Å². The second kappa shape index (κ2) is 5.47. The summed E-state index contributed by atoms with van der Waals surface area (Å²) in [5.74, 6) is 0.748. The van der Waals surface area contributed by atoms with E-state index in [0.29, 0.717) is 5.02 Å². The Labute approximate surface area is 125 Å². The molecule has 0 heterocycles. The fourth-order valence-corrected chi connectivity index (χ4v) is 2.48. The van der Waals surface area contributed by atoms with Crippen LogP contribution in [0.15, 0.2) is 36.4 Å². The van der Waals surface area contributed by atoms with Crippen LogP contribution < -0.4 is 10.5 Å². The van der Waals surface area contributed by atoms with Gasteiger partial charge < -0.3 is 10.5 Å². The van der Waals surface area contributed by atoms with Gasteiger partial charge in [0, 0.05) is 10.6 Å². The van der Waals surface area contributed by atoms with E-state index in [0.717, 1.165) is 16.9 Å². The minimum atomic E-state index is -0.658. The molecule has 0 aliphatic heterocycles. The molecule has 2 nitrogen and oxygen atoms in total. The van der Waals surface area contributed by atoms with Gasteiger partial charge in [0.2, 0.25) is 0 Å². The van der Waals surface area contributed by atoms with Crippen LogP contribution in [0.25, 0.3) is 0 Å². The molecule has 0 aromatic heterocycles. The van der Waals surface area contributed by atoms with Crippen molar-refractivity contribution in [1.29, 1.82) is 0 Å². The molecule has 1 unspecified atom stereocenters. The summed E-state index contributed by atoms with van der Waals surface area (Å²) in [6.07, 6.45) is 0. The van der Waals surface area contributed by atoms with Gasteiger partial charge in [-0.15, -0.1) is 0 Å². The van der Waals surface area contributed by atoms with E-state index < -0.39 is 5.54 Å². The van der Waals surface area contributed by atoms with Crippen molar-refractivity contribution in [1.82, 2.24) is 0 Å². The number of benzene rings is 2. The molecule has 106 valence electrons. The highest BCUT2D eigenvalue weighted by Gasteiger charge is 2.27. The Bertz CT molecular complexity index is 635. The van der Waals surface area contributed by atoms with Crippen LogP contribution in [0.4, 0.5) is 0 Å². The first-order chi connectivity index (χ1) is 9.36. The van der Waals surface area contributed by atoms with E-state index in [4.69, 9.17) is 22.1 Å². The normalized spacial score (nSPS) is 13.9. The first kappa shape index (κ1) is 14.9. The van der Waals surface area contributed by atoms with Crippen molar-refractivity contribution in [2.75, 3.05) is 7.11 Å². The quantitative estimate of drug-likeness (QED) is 0.919. The predicted octanol–water partition coefficient (Wildman–Crippen LogP) is 4.19. The molecule has 3 heteroatoms. The third-order valence-corrected chi connectivity index (χ3v) is 4.06. The van der Waals surface area contributed by atoms with Crippen molar-refractivity contribution in [3.8, 4) is 5.75 Å². The number of methoxy groups -OCH3 is 1. The number of rotatable bonds is 3. The molecule has 0 saturated carbocycles. The van der Waals surface area contributed by atoms with Crippen LogP contribution in [0.3, 0.4) is 0 Å². The van der Waals surface area contributed by atoms with Crippen molar-refractivity contribution in [2.24, 2.45) is 5.73 Å². The molecule has 0 bridgehead atoms. The Morgan fingerprint density at radius 3 is 2.35 bits per heavy atom. The number of hydrogen-bond acceptors (Lipinski definition) is 2. The third kappa shape index (κ3) is 2.67. The number of ether oxygens (including phenoxy) is 1. The van der Waals surface area contributed by atoms with Crippen molar-refractivity contribution in [3.05, 3.63) is 63.7 Å². The molecule has 2 rings (SSSR count). The van der Waals surface area contributed by atoms with Crippen molar-refractivity contribution >= 4 is 11.6 Å². The molecule has 0 amide bonds. The Balaban J connectivity index is 2.59.